The number of nitrogens with one attached hydrogen (secondary N) is 1. The van der Waals surface area contributed by atoms with E-state index in [-0.39, 0.29) is 23.8 Å². The summed E-state index contributed by atoms with van der Waals surface area (Å²) in [7, 11) is 0. The van der Waals surface area contributed by atoms with E-state index < -0.39 is 0 Å². The number of benzene rings is 1. The molecule has 100 valence electrons. The summed E-state index contributed by atoms with van der Waals surface area (Å²) in [6.07, 6.45) is 2.23. The number of rotatable bonds is 6. The van der Waals surface area contributed by atoms with Crippen LogP contribution in [0.2, 0.25) is 0 Å². The van der Waals surface area contributed by atoms with Gasteiger partial charge >= 0.3 is 0 Å². The Bertz CT molecular complexity index is 394. The molecule has 0 fully saturated rings. The van der Waals surface area contributed by atoms with Crippen LogP contribution in [0, 0.1) is 0 Å². The van der Waals surface area contributed by atoms with Gasteiger partial charge in [0.1, 0.15) is 0 Å². The first-order valence-electron chi connectivity index (χ1n) is 5.84. The maximum absolute atomic E-state index is 11.8. The van der Waals surface area contributed by atoms with Gasteiger partial charge in [-0.2, -0.15) is 11.8 Å². The zero-order chi connectivity index (χ0) is 13.5. The van der Waals surface area contributed by atoms with E-state index in [1.165, 1.54) is 0 Å². The monoisotopic (exact) mass is 268 g/mol. The summed E-state index contributed by atoms with van der Waals surface area (Å²) >= 11 is 1.54. The molecule has 0 bridgehead atoms. The van der Waals surface area contributed by atoms with Crippen LogP contribution in [0.5, 0.6) is 0 Å². The third kappa shape index (κ3) is 4.58. The second-order valence-electron chi connectivity index (χ2n) is 4.23. The highest BCUT2D eigenvalue weighted by Crippen LogP contribution is 2.11. The predicted molar refractivity (Wildman–Crippen MR) is 76.6 cm³/mol. The molecule has 5 heteroatoms. The molecule has 0 aliphatic rings. The molecule has 0 saturated heterocycles. The van der Waals surface area contributed by atoms with Crippen LogP contribution in [-0.4, -0.2) is 35.2 Å². The Kier molecular flexibility index (Phi) is 6.01. The Morgan fingerprint density at radius 2 is 2.28 bits per heavy atom. The SMILES string of the molecule is CSC(CO)C(C)NC(=O)Cc1cccc(N)c1. The molecule has 0 aliphatic carbocycles. The first-order chi connectivity index (χ1) is 8.56. The number of amides is 1. The third-order valence-corrected chi connectivity index (χ3v) is 3.91. The summed E-state index contributed by atoms with van der Waals surface area (Å²) in [5, 5.41) is 12.1. The lowest BCUT2D eigenvalue weighted by atomic mass is 10.1. The van der Waals surface area contributed by atoms with E-state index in [1.54, 1.807) is 23.9 Å². The summed E-state index contributed by atoms with van der Waals surface area (Å²) in [5.74, 6) is -0.0550. The highest BCUT2D eigenvalue weighted by atomic mass is 32.2. The molecule has 2 atom stereocenters. The molecule has 1 aromatic rings. The molecule has 0 spiro atoms. The second-order valence-corrected chi connectivity index (χ2v) is 5.31. The molecule has 2 unspecified atom stereocenters. The lowest BCUT2D eigenvalue weighted by Gasteiger charge is -2.21. The van der Waals surface area contributed by atoms with E-state index >= 15 is 0 Å². The van der Waals surface area contributed by atoms with Crippen molar-refractivity contribution < 1.29 is 9.90 Å². The number of carbonyl (C=O) groups excluding carboxylic acids is 1. The van der Waals surface area contributed by atoms with Gasteiger partial charge in [0.25, 0.3) is 0 Å². The molecule has 18 heavy (non-hydrogen) atoms. The van der Waals surface area contributed by atoms with Gasteiger partial charge in [-0.05, 0) is 30.9 Å². The van der Waals surface area contributed by atoms with E-state index in [1.807, 2.05) is 25.3 Å². The van der Waals surface area contributed by atoms with Gasteiger partial charge < -0.3 is 16.2 Å². The third-order valence-electron chi connectivity index (χ3n) is 2.74. The van der Waals surface area contributed by atoms with Crippen molar-refractivity contribution in [1.82, 2.24) is 5.32 Å². The lowest BCUT2D eigenvalue weighted by Crippen LogP contribution is -2.41. The van der Waals surface area contributed by atoms with Crippen LogP contribution in [0.25, 0.3) is 0 Å². The molecule has 4 nitrogen and oxygen atoms in total. The normalized spacial score (nSPS) is 13.9. The van der Waals surface area contributed by atoms with Gasteiger partial charge in [0.2, 0.25) is 5.91 Å². The molecule has 0 aliphatic heterocycles. The van der Waals surface area contributed by atoms with Crippen LogP contribution in [0.1, 0.15) is 12.5 Å². The van der Waals surface area contributed by atoms with Crippen molar-refractivity contribution in [3.05, 3.63) is 29.8 Å². The Morgan fingerprint density at radius 3 is 2.83 bits per heavy atom. The number of anilines is 1. The van der Waals surface area contributed by atoms with Crippen LogP contribution in [0.4, 0.5) is 5.69 Å². The van der Waals surface area contributed by atoms with Crippen molar-refractivity contribution in [2.24, 2.45) is 0 Å². The minimum atomic E-state index is -0.0569. The first kappa shape index (κ1) is 14.9. The van der Waals surface area contributed by atoms with Crippen LogP contribution < -0.4 is 11.1 Å². The zero-order valence-electron chi connectivity index (χ0n) is 10.7. The van der Waals surface area contributed by atoms with Crippen LogP contribution in [-0.2, 0) is 11.2 Å². The smallest absolute Gasteiger partial charge is 0.224 e. The Balaban J connectivity index is 2.51. The molecule has 1 rings (SSSR count). The molecular formula is C13H20N2O2S. The molecule has 0 heterocycles. The quantitative estimate of drug-likeness (QED) is 0.674. The van der Waals surface area contributed by atoms with E-state index in [0.717, 1.165) is 5.56 Å². The van der Waals surface area contributed by atoms with Crippen LogP contribution in [0.3, 0.4) is 0 Å². The molecule has 4 N–H and O–H groups in total. The number of aliphatic hydroxyl groups excluding tert-OH is 1. The van der Waals surface area contributed by atoms with Crippen molar-refractivity contribution in [2.45, 2.75) is 24.6 Å². The summed E-state index contributed by atoms with van der Waals surface area (Å²) in [5.41, 5.74) is 7.21. The van der Waals surface area contributed by atoms with Crippen molar-refractivity contribution in [1.29, 1.82) is 0 Å². The largest absolute Gasteiger partial charge is 0.399 e. The molecule has 1 amide bonds. The van der Waals surface area contributed by atoms with Crippen molar-refractivity contribution in [3.63, 3.8) is 0 Å². The van der Waals surface area contributed by atoms with Crippen molar-refractivity contribution in [3.8, 4) is 0 Å². The number of nitrogens with two attached hydrogens (primary N) is 1. The number of thioether (sulfide) groups is 1. The molecular weight excluding hydrogens is 248 g/mol. The van der Waals surface area contributed by atoms with Crippen LogP contribution in [0.15, 0.2) is 24.3 Å². The van der Waals surface area contributed by atoms with E-state index in [9.17, 15) is 4.79 Å². The van der Waals surface area contributed by atoms with Crippen molar-refractivity contribution >= 4 is 23.4 Å². The molecule has 1 aromatic carbocycles. The fourth-order valence-corrected chi connectivity index (χ4v) is 2.35. The van der Waals surface area contributed by atoms with E-state index in [4.69, 9.17) is 10.8 Å². The van der Waals surface area contributed by atoms with Gasteiger partial charge in [-0.1, -0.05) is 12.1 Å². The van der Waals surface area contributed by atoms with Gasteiger partial charge in [0.15, 0.2) is 0 Å². The maximum atomic E-state index is 11.8. The van der Waals surface area contributed by atoms with Gasteiger partial charge in [0.05, 0.1) is 13.0 Å². The summed E-state index contributed by atoms with van der Waals surface area (Å²) < 4.78 is 0. The van der Waals surface area contributed by atoms with E-state index in [2.05, 4.69) is 5.32 Å². The highest BCUT2D eigenvalue weighted by molar-refractivity contribution is 7.99. The van der Waals surface area contributed by atoms with Gasteiger partial charge in [0, 0.05) is 17.0 Å². The highest BCUT2D eigenvalue weighted by Gasteiger charge is 2.17. The maximum Gasteiger partial charge on any atom is 0.224 e. The van der Waals surface area contributed by atoms with Gasteiger partial charge in [-0.3, -0.25) is 4.79 Å². The minimum Gasteiger partial charge on any atom is -0.399 e. The number of aliphatic hydroxyl groups is 1. The number of carbonyl (C=O) groups is 1. The first-order valence-corrected chi connectivity index (χ1v) is 7.13. The standard InChI is InChI=1S/C13H20N2O2S/c1-9(12(8-16)18-2)15-13(17)7-10-4-3-5-11(14)6-10/h3-6,9,12,16H,7-8,14H2,1-2H3,(H,15,17). The summed E-state index contributed by atoms with van der Waals surface area (Å²) in [6, 6.07) is 7.24. The Morgan fingerprint density at radius 1 is 1.56 bits per heavy atom. The molecule has 0 aromatic heterocycles. The number of hydrogen-bond donors (Lipinski definition) is 3. The average molecular weight is 268 g/mol. The lowest BCUT2D eigenvalue weighted by molar-refractivity contribution is -0.121. The fourth-order valence-electron chi connectivity index (χ4n) is 1.72. The predicted octanol–water partition coefficient (Wildman–Crippen LogP) is 1.04. The topological polar surface area (TPSA) is 75.3 Å². The average Bonchev–Trinajstić information content (AvgIpc) is 2.30. The zero-order valence-corrected chi connectivity index (χ0v) is 11.5. The minimum absolute atomic E-state index is 0.0230. The van der Waals surface area contributed by atoms with Gasteiger partial charge in [-0.25, -0.2) is 0 Å². The Hall–Kier alpha value is -1.20. The molecule has 0 radical (unpaired) electrons. The van der Waals surface area contributed by atoms with Gasteiger partial charge in [-0.15, -0.1) is 0 Å². The number of hydrogen-bond acceptors (Lipinski definition) is 4. The fraction of sp³-hybridized carbons (Fsp3) is 0.462. The summed E-state index contributed by atoms with van der Waals surface area (Å²) in [4.78, 5) is 11.8. The number of nitrogen functional groups attached to an aromatic ring is 1. The summed E-state index contributed by atoms with van der Waals surface area (Å²) in [6.45, 7) is 1.95. The molecule has 0 saturated carbocycles. The second kappa shape index (κ2) is 7.28. The van der Waals surface area contributed by atoms with Crippen molar-refractivity contribution in [2.75, 3.05) is 18.6 Å². The van der Waals surface area contributed by atoms with E-state index in [0.29, 0.717) is 12.1 Å². The Labute approximate surface area is 112 Å². The van der Waals surface area contributed by atoms with Crippen LogP contribution >= 0.6 is 11.8 Å².